The number of hydrogen-bond donors (Lipinski definition) is 1. The highest BCUT2D eigenvalue weighted by atomic mass is 16.5. The molecule has 2 heterocycles. The molecule has 0 amide bonds. The molecule has 2 rings (SSSR count). The van der Waals surface area contributed by atoms with Crippen molar-refractivity contribution in [3.8, 4) is 11.5 Å². The summed E-state index contributed by atoms with van der Waals surface area (Å²) in [5, 5.41) is 4.02. The Kier molecular flexibility index (Phi) is 4.18. The molecule has 2 aromatic heterocycles. The molecule has 0 bridgehead atoms. The second kappa shape index (κ2) is 5.71. The van der Waals surface area contributed by atoms with Gasteiger partial charge in [-0.15, -0.1) is 0 Å². The fraction of sp³-hybridized carbons (Fsp3) is 0.533. The summed E-state index contributed by atoms with van der Waals surface area (Å²) < 4.78 is 5.38. The Bertz CT molecular complexity index is 571. The summed E-state index contributed by atoms with van der Waals surface area (Å²) in [6.07, 6.45) is 2.66. The van der Waals surface area contributed by atoms with E-state index in [9.17, 15) is 0 Å². The van der Waals surface area contributed by atoms with Crippen molar-refractivity contribution < 1.29 is 4.52 Å². The van der Waals surface area contributed by atoms with E-state index in [1.165, 1.54) is 0 Å². The molecule has 0 spiro atoms. The molecular formula is C15H22N4O. The second-order valence-corrected chi connectivity index (χ2v) is 6.37. The van der Waals surface area contributed by atoms with Gasteiger partial charge in [-0.1, -0.05) is 25.9 Å². The molecule has 20 heavy (non-hydrogen) atoms. The number of aromatic nitrogens is 3. The van der Waals surface area contributed by atoms with E-state index in [0.717, 1.165) is 17.7 Å². The van der Waals surface area contributed by atoms with Crippen LogP contribution in [0.1, 0.15) is 44.6 Å². The van der Waals surface area contributed by atoms with Crippen LogP contribution in [0.3, 0.4) is 0 Å². The zero-order chi connectivity index (χ0) is 14.8. The minimum absolute atomic E-state index is 0.0843. The summed E-state index contributed by atoms with van der Waals surface area (Å²) in [6, 6.07) is 3.88. The zero-order valence-electron chi connectivity index (χ0n) is 12.6. The van der Waals surface area contributed by atoms with Crippen molar-refractivity contribution in [2.45, 2.75) is 40.0 Å². The smallest absolute Gasteiger partial charge is 0.231 e. The Hall–Kier alpha value is -1.75. The van der Waals surface area contributed by atoms with E-state index < -0.39 is 0 Å². The van der Waals surface area contributed by atoms with Gasteiger partial charge in [0.05, 0.1) is 5.92 Å². The molecule has 2 aromatic rings. The van der Waals surface area contributed by atoms with Crippen LogP contribution in [0.2, 0.25) is 0 Å². The molecule has 0 saturated carbocycles. The predicted molar refractivity (Wildman–Crippen MR) is 78.1 cm³/mol. The summed E-state index contributed by atoms with van der Waals surface area (Å²) >= 11 is 0. The number of hydrogen-bond acceptors (Lipinski definition) is 5. The lowest BCUT2D eigenvalue weighted by atomic mass is 9.84. The van der Waals surface area contributed by atoms with Crippen LogP contribution in [-0.4, -0.2) is 21.7 Å². The van der Waals surface area contributed by atoms with E-state index in [1.807, 2.05) is 19.1 Å². The second-order valence-electron chi connectivity index (χ2n) is 6.37. The van der Waals surface area contributed by atoms with Gasteiger partial charge >= 0.3 is 0 Å². The number of rotatable bonds is 4. The largest absolute Gasteiger partial charge is 0.339 e. The van der Waals surface area contributed by atoms with E-state index >= 15 is 0 Å². The van der Waals surface area contributed by atoms with Crippen LogP contribution in [-0.2, 0) is 0 Å². The zero-order valence-corrected chi connectivity index (χ0v) is 12.6. The van der Waals surface area contributed by atoms with Gasteiger partial charge in [0.25, 0.3) is 0 Å². The summed E-state index contributed by atoms with van der Waals surface area (Å²) in [6.45, 7) is 9.04. The third kappa shape index (κ3) is 3.63. The van der Waals surface area contributed by atoms with Crippen molar-refractivity contribution >= 4 is 0 Å². The number of nitrogens with zero attached hydrogens (tertiary/aromatic N) is 3. The average Bonchev–Trinajstić information content (AvgIpc) is 2.84. The summed E-state index contributed by atoms with van der Waals surface area (Å²) in [7, 11) is 0. The van der Waals surface area contributed by atoms with Gasteiger partial charge in [-0.3, -0.25) is 4.98 Å². The molecule has 2 N–H and O–H groups in total. The maximum absolute atomic E-state index is 5.84. The maximum atomic E-state index is 5.84. The standard InChI is InChI=1S/C15H22N4O/c1-10-5-6-17-12(7-10)13-18-14(20-19-13)11(9-16)8-15(2,3)4/h5-7,11H,8-9,16H2,1-4H3. The number of pyridine rings is 1. The third-order valence-corrected chi connectivity index (χ3v) is 3.08. The summed E-state index contributed by atoms with van der Waals surface area (Å²) in [5.74, 6) is 1.21. The minimum atomic E-state index is 0.0843. The summed E-state index contributed by atoms with van der Waals surface area (Å²) in [4.78, 5) is 8.72. The highest BCUT2D eigenvalue weighted by Crippen LogP contribution is 2.30. The van der Waals surface area contributed by atoms with Crippen molar-refractivity contribution in [2.75, 3.05) is 6.54 Å². The molecule has 1 atom stereocenters. The van der Waals surface area contributed by atoms with E-state index in [1.54, 1.807) is 6.20 Å². The molecule has 1 unspecified atom stereocenters. The lowest BCUT2D eigenvalue weighted by Gasteiger charge is -2.22. The van der Waals surface area contributed by atoms with Gasteiger partial charge in [0, 0.05) is 12.7 Å². The topological polar surface area (TPSA) is 77.8 Å². The number of nitrogens with two attached hydrogens (primary N) is 1. The molecule has 5 heteroatoms. The lowest BCUT2D eigenvalue weighted by Crippen LogP contribution is -2.19. The van der Waals surface area contributed by atoms with Crippen LogP contribution in [0.25, 0.3) is 11.5 Å². The van der Waals surface area contributed by atoms with E-state index in [-0.39, 0.29) is 11.3 Å². The van der Waals surface area contributed by atoms with Crippen LogP contribution in [0.5, 0.6) is 0 Å². The normalized spacial score (nSPS) is 13.4. The van der Waals surface area contributed by atoms with Crippen molar-refractivity contribution in [1.29, 1.82) is 0 Å². The monoisotopic (exact) mass is 274 g/mol. The molecular weight excluding hydrogens is 252 g/mol. The van der Waals surface area contributed by atoms with Crippen molar-refractivity contribution in [3.05, 3.63) is 29.8 Å². The van der Waals surface area contributed by atoms with Crippen LogP contribution in [0.15, 0.2) is 22.9 Å². The Morgan fingerprint density at radius 1 is 1.35 bits per heavy atom. The third-order valence-electron chi connectivity index (χ3n) is 3.08. The molecule has 0 fully saturated rings. The van der Waals surface area contributed by atoms with Crippen LogP contribution in [0.4, 0.5) is 0 Å². The molecule has 108 valence electrons. The molecule has 0 aliphatic heterocycles. The Morgan fingerprint density at radius 2 is 2.10 bits per heavy atom. The van der Waals surface area contributed by atoms with Gasteiger partial charge < -0.3 is 10.3 Å². The first-order chi connectivity index (χ1) is 9.39. The van der Waals surface area contributed by atoms with E-state index in [4.69, 9.17) is 10.3 Å². The molecule has 0 saturated heterocycles. The molecule has 0 aromatic carbocycles. The highest BCUT2D eigenvalue weighted by molar-refractivity contribution is 5.49. The van der Waals surface area contributed by atoms with Gasteiger partial charge in [0.15, 0.2) is 0 Å². The molecule has 0 aliphatic rings. The maximum Gasteiger partial charge on any atom is 0.231 e. The molecule has 0 aliphatic carbocycles. The quantitative estimate of drug-likeness (QED) is 0.927. The summed E-state index contributed by atoms with van der Waals surface area (Å²) in [5.41, 5.74) is 7.85. The van der Waals surface area contributed by atoms with E-state index in [2.05, 4.69) is 35.9 Å². The first-order valence-electron chi connectivity index (χ1n) is 6.86. The molecule has 0 radical (unpaired) electrons. The predicted octanol–water partition coefficient (Wildman–Crippen LogP) is 2.92. The van der Waals surface area contributed by atoms with Gasteiger partial charge in [0.1, 0.15) is 5.69 Å². The van der Waals surface area contributed by atoms with Crippen molar-refractivity contribution in [3.63, 3.8) is 0 Å². The average molecular weight is 274 g/mol. The SMILES string of the molecule is Cc1ccnc(-c2noc(C(CN)CC(C)(C)C)n2)c1. The van der Waals surface area contributed by atoms with Crippen LogP contribution >= 0.6 is 0 Å². The van der Waals surface area contributed by atoms with Gasteiger partial charge in [0.2, 0.25) is 11.7 Å². The number of aryl methyl sites for hydroxylation is 1. The molecule has 5 nitrogen and oxygen atoms in total. The van der Waals surface area contributed by atoms with Gasteiger partial charge in [-0.2, -0.15) is 4.98 Å². The van der Waals surface area contributed by atoms with Gasteiger partial charge in [-0.05, 0) is 36.5 Å². The Labute approximate surface area is 119 Å². The minimum Gasteiger partial charge on any atom is -0.339 e. The Morgan fingerprint density at radius 3 is 2.70 bits per heavy atom. The van der Waals surface area contributed by atoms with Crippen LogP contribution in [0, 0.1) is 12.3 Å². The van der Waals surface area contributed by atoms with Crippen molar-refractivity contribution in [2.24, 2.45) is 11.1 Å². The highest BCUT2D eigenvalue weighted by Gasteiger charge is 2.24. The first kappa shape index (κ1) is 14.7. The fourth-order valence-corrected chi connectivity index (χ4v) is 2.17. The van der Waals surface area contributed by atoms with Crippen molar-refractivity contribution in [1.82, 2.24) is 15.1 Å². The van der Waals surface area contributed by atoms with Gasteiger partial charge in [-0.25, -0.2) is 0 Å². The first-order valence-corrected chi connectivity index (χ1v) is 6.86. The Balaban J connectivity index is 2.23. The lowest BCUT2D eigenvalue weighted by molar-refractivity contribution is 0.287. The fourth-order valence-electron chi connectivity index (χ4n) is 2.17. The van der Waals surface area contributed by atoms with Crippen LogP contribution < -0.4 is 5.73 Å². The van der Waals surface area contributed by atoms with E-state index in [0.29, 0.717) is 18.3 Å².